The molecule has 3 heterocycles. The number of hydrogen-bond acceptors (Lipinski definition) is 6. The molecule has 8 nitrogen and oxygen atoms in total. The number of hydrogen-bond donors (Lipinski definition) is 1. The maximum absolute atomic E-state index is 14.1. The van der Waals surface area contributed by atoms with Crippen LogP contribution in [0.4, 0.5) is 0 Å². The van der Waals surface area contributed by atoms with Crippen molar-refractivity contribution in [3.63, 3.8) is 0 Å². The molecule has 1 N–H and O–H groups in total. The molecular formula is C27H42N2O6. The molecule has 35 heavy (non-hydrogen) atoms. The molecule has 6 atom stereocenters. The number of likely N-dealkylation sites (tertiary alicyclic amines) is 1. The number of fused-ring (bicyclic) bond motifs is 1. The van der Waals surface area contributed by atoms with E-state index in [0.29, 0.717) is 38.9 Å². The van der Waals surface area contributed by atoms with Crippen molar-refractivity contribution in [2.45, 2.75) is 76.5 Å². The van der Waals surface area contributed by atoms with E-state index in [1.165, 1.54) is 6.08 Å². The molecule has 196 valence electrons. The van der Waals surface area contributed by atoms with Gasteiger partial charge in [0.2, 0.25) is 11.8 Å². The molecule has 2 amide bonds. The third kappa shape index (κ3) is 4.67. The van der Waals surface area contributed by atoms with Crippen LogP contribution >= 0.6 is 0 Å². The third-order valence-corrected chi connectivity index (χ3v) is 8.15. The Bertz CT molecular complexity index is 830. The van der Waals surface area contributed by atoms with Gasteiger partial charge in [0, 0.05) is 26.2 Å². The molecule has 3 fully saturated rings. The van der Waals surface area contributed by atoms with Crippen molar-refractivity contribution in [3.8, 4) is 0 Å². The zero-order valence-electron chi connectivity index (χ0n) is 21.5. The van der Waals surface area contributed by atoms with Gasteiger partial charge in [-0.3, -0.25) is 14.4 Å². The first-order chi connectivity index (χ1) is 16.7. The monoisotopic (exact) mass is 490 g/mol. The van der Waals surface area contributed by atoms with Gasteiger partial charge in [-0.1, -0.05) is 45.4 Å². The van der Waals surface area contributed by atoms with Crippen LogP contribution in [0, 0.1) is 17.8 Å². The lowest BCUT2D eigenvalue weighted by atomic mass is 9.62. The van der Waals surface area contributed by atoms with Gasteiger partial charge >= 0.3 is 5.97 Å². The lowest BCUT2D eigenvalue weighted by Gasteiger charge is -2.37. The molecule has 2 bridgehead atoms. The van der Waals surface area contributed by atoms with Crippen LogP contribution in [0.25, 0.3) is 0 Å². The highest BCUT2D eigenvalue weighted by molar-refractivity contribution is 5.98. The molecule has 0 radical (unpaired) electrons. The average Bonchev–Trinajstić information content (AvgIpc) is 3.34. The first-order valence-electron chi connectivity index (χ1n) is 13.0. The standard InChI is InChI=1S/C27H42N2O6/c1-6-9-10-14-28(13-7-2)24(32)22-27-18-19(4)26(5,35-27)21(25(33)34-17-8-3)20(27)23(31)29(22)15-11-12-16-30/h7-8,19-22,30H,2-3,6,9-18H2,1,4-5H3/t19?,20-,21-,22?,26+,27?/m0/s1. The Morgan fingerprint density at radius 1 is 1.26 bits per heavy atom. The normalized spacial score (nSPS) is 33.0. The molecule has 0 aromatic rings. The Kier molecular flexibility index (Phi) is 8.81. The molecular weight excluding hydrogens is 448 g/mol. The summed E-state index contributed by atoms with van der Waals surface area (Å²) in [7, 11) is 0. The van der Waals surface area contributed by atoms with E-state index in [1.54, 1.807) is 15.9 Å². The van der Waals surface area contributed by atoms with Gasteiger partial charge in [0.15, 0.2) is 0 Å². The van der Waals surface area contributed by atoms with Crippen LogP contribution in [0.5, 0.6) is 0 Å². The molecule has 0 saturated carbocycles. The summed E-state index contributed by atoms with van der Waals surface area (Å²) in [5.74, 6) is -2.46. The second kappa shape index (κ2) is 11.2. The second-order valence-corrected chi connectivity index (χ2v) is 10.4. The molecule has 3 unspecified atom stereocenters. The topological polar surface area (TPSA) is 96.4 Å². The summed E-state index contributed by atoms with van der Waals surface area (Å²) in [6, 6.07) is -0.818. The highest BCUT2D eigenvalue weighted by Gasteiger charge is 2.80. The van der Waals surface area contributed by atoms with Crippen LogP contribution < -0.4 is 0 Å². The summed E-state index contributed by atoms with van der Waals surface area (Å²) in [5, 5.41) is 9.31. The zero-order chi connectivity index (χ0) is 25.8. The van der Waals surface area contributed by atoms with E-state index in [1.807, 2.05) is 13.8 Å². The summed E-state index contributed by atoms with van der Waals surface area (Å²) < 4.78 is 12.1. The molecule has 3 aliphatic heterocycles. The van der Waals surface area contributed by atoms with Crippen molar-refractivity contribution < 1.29 is 29.0 Å². The number of amides is 2. The van der Waals surface area contributed by atoms with Crippen molar-refractivity contribution >= 4 is 17.8 Å². The molecule has 0 aromatic heterocycles. The first kappa shape index (κ1) is 27.4. The third-order valence-electron chi connectivity index (χ3n) is 8.15. The summed E-state index contributed by atoms with van der Waals surface area (Å²) in [6.07, 6.45) is 7.71. The van der Waals surface area contributed by atoms with E-state index in [-0.39, 0.29) is 30.9 Å². The van der Waals surface area contributed by atoms with Gasteiger partial charge in [0.25, 0.3) is 0 Å². The predicted molar refractivity (Wildman–Crippen MR) is 132 cm³/mol. The van der Waals surface area contributed by atoms with Gasteiger partial charge in [0.05, 0.1) is 11.5 Å². The average molecular weight is 491 g/mol. The number of carbonyl (C=O) groups is 3. The summed E-state index contributed by atoms with van der Waals surface area (Å²) in [6.45, 7) is 14.8. The summed E-state index contributed by atoms with van der Waals surface area (Å²) in [4.78, 5) is 44.7. The smallest absolute Gasteiger partial charge is 0.313 e. The minimum absolute atomic E-state index is 0.0108. The Morgan fingerprint density at radius 3 is 2.63 bits per heavy atom. The SMILES string of the molecule is C=CCOC(=O)[C@@H]1[C@H]2C(=O)N(CCCCO)C(C(=O)N(CC=C)CCCCC)C23CC(C)[C@@]1(C)O3. The molecule has 3 aliphatic rings. The number of esters is 1. The van der Waals surface area contributed by atoms with Gasteiger partial charge < -0.3 is 24.4 Å². The highest BCUT2D eigenvalue weighted by Crippen LogP contribution is 2.65. The van der Waals surface area contributed by atoms with E-state index >= 15 is 0 Å². The first-order valence-corrected chi connectivity index (χ1v) is 13.0. The van der Waals surface area contributed by atoms with Crippen LogP contribution in [0.15, 0.2) is 25.3 Å². The van der Waals surface area contributed by atoms with E-state index in [2.05, 4.69) is 20.1 Å². The Morgan fingerprint density at radius 2 is 2.00 bits per heavy atom. The van der Waals surface area contributed by atoms with Crippen LogP contribution in [-0.2, 0) is 23.9 Å². The van der Waals surface area contributed by atoms with Crippen LogP contribution in [0.1, 0.15) is 59.3 Å². The summed E-state index contributed by atoms with van der Waals surface area (Å²) >= 11 is 0. The number of nitrogens with zero attached hydrogens (tertiary/aromatic N) is 2. The van der Waals surface area contributed by atoms with Gasteiger partial charge in [-0.2, -0.15) is 0 Å². The van der Waals surface area contributed by atoms with Crippen LogP contribution in [0.2, 0.25) is 0 Å². The van der Waals surface area contributed by atoms with Crippen LogP contribution in [-0.4, -0.2) is 82.8 Å². The lowest BCUT2D eigenvalue weighted by molar-refractivity contribution is -0.161. The van der Waals surface area contributed by atoms with E-state index in [0.717, 1.165) is 19.3 Å². The van der Waals surface area contributed by atoms with Crippen molar-refractivity contribution in [2.75, 3.05) is 32.8 Å². The van der Waals surface area contributed by atoms with Crippen molar-refractivity contribution in [1.29, 1.82) is 0 Å². The summed E-state index contributed by atoms with van der Waals surface area (Å²) in [5.41, 5.74) is -1.97. The largest absolute Gasteiger partial charge is 0.461 e. The van der Waals surface area contributed by atoms with Gasteiger partial charge in [-0.15, -0.1) is 6.58 Å². The van der Waals surface area contributed by atoms with Crippen molar-refractivity contribution in [3.05, 3.63) is 25.3 Å². The molecule has 1 spiro atoms. The lowest BCUT2D eigenvalue weighted by Crippen LogP contribution is -2.56. The number of ether oxygens (including phenoxy) is 2. The Balaban J connectivity index is 2.02. The molecule has 3 rings (SSSR count). The second-order valence-electron chi connectivity index (χ2n) is 10.4. The van der Waals surface area contributed by atoms with E-state index in [4.69, 9.17) is 9.47 Å². The number of aliphatic hydroxyl groups is 1. The predicted octanol–water partition coefficient (Wildman–Crippen LogP) is 2.70. The molecule has 3 saturated heterocycles. The quantitative estimate of drug-likeness (QED) is 0.229. The van der Waals surface area contributed by atoms with E-state index in [9.17, 15) is 19.5 Å². The highest BCUT2D eigenvalue weighted by atomic mass is 16.6. The number of carbonyl (C=O) groups excluding carboxylic acids is 3. The number of rotatable bonds is 14. The fraction of sp³-hybridized carbons (Fsp3) is 0.741. The fourth-order valence-corrected chi connectivity index (χ4v) is 6.41. The maximum atomic E-state index is 14.1. The van der Waals surface area contributed by atoms with Crippen molar-refractivity contribution in [1.82, 2.24) is 9.80 Å². The Hall–Kier alpha value is -2.19. The van der Waals surface area contributed by atoms with Gasteiger partial charge in [-0.05, 0) is 38.5 Å². The van der Waals surface area contributed by atoms with Gasteiger partial charge in [0.1, 0.15) is 24.2 Å². The van der Waals surface area contributed by atoms with Crippen molar-refractivity contribution in [2.24, 2.45) is 17.8 Å². The number of unbranched alkanes of at least 4 members (excludes halogenated alkanes) is 3. The minimum atomic E-state index is -1.08. The molecule has 8 heteroatoms. The maximum Gasteiger partial charge on any atom is 0.313 e. The molecule has 0 aliphatic carbocycles. The minimum Gasteiger partial charge on any atom is -0.461 e. The molecule has 0 aromatic carbocycles. The van der Waals surface area contributed by atoms with E-state index < -0.39 is 35.0 Å². The number of aliphatic hydroxyl groups excluding tert-OH is 1. The van der Waals surface area contributed by atoms with Gasteiger partial charge in [-0.25, -0.2) is 0 Å². The zero-order valence-corrected chi connectivity index (χ0v) is 21.5. The van der Waals surface area contributed by atoms with Crippen LogP contribution in [0.3, 0.4) is 0 Å². The Labute approximate surface area is 209 Å². The fourth-order valence-electron chi connectivity index (χ4n) is 6.41.